The Bertz CT molecular complexity index is 621. The largest absolute Gasteiger partial charge is 0.491 e. The summed E-state index contributed by atoms with van der Waals surface area (Å²) in [6.45, 7) is 0.0634. The molecule has 1 unspecified atom stereocenters. The zero-order valence-electron chi connectivity index (χ0n) is 12.4. The third-order valence-electron chi connectivity index (χ3n) is 2.93. The molecule has 0 aliphatic heterocycles. The maximum absolute atomic E-state index is 13.0. The average molecular weight is 319 g/mol. The van der Waals surface area contributed by atoms with Crippen molar-refractivity contribution >= 4 is 6.09 Å². The first-order chi connectivity index (χ1) is 11.1. The van der Waals surface area contributed by atoms with Crippen molar-refractivity contribution in [3.63, 3.8) is 0 Å². The summed E-state index contributed by atoms with van der Waals surface area (Å²) >= 11 is 0. The van der Waals surface area contributed by atoms with Gasteiger partial charge in [0.15, 0.2) is 0 Å². The van der Waals surface area contributed by atoms with Crippen LogP contribution in [0.2, 0.25) is 0 Å². The van der Waals surface area contributed by atoms with Crippen molar-refractivity contribution in [1.82, 2.24) is 5.32 Å². The molecule has 0 saturated heterocycles. The summed E-state index contributed by atoms with van der Waals surface area (Å²) in [7, 11) is 0. The Balaban J connectivity index is 1.63. The van der Waals surface area contributed by atoms with Crippen LogP contribution in [0.25, 0.3) is 0 Å². The van der Waals surface area contributed by atoms with Crippen molar-refractivity contribution in [3.8, 4) is 5.75 Å². The van der Waals surface area contributed by atoms with Gasteiger partial charge < -0.3 is 19.9 Å². The number of amides is 1. The molecule has 1 amide bonds. The summed E-state index contributed by atoms with van der Waals surface area (Å²) in [5, 5.41) is 12.2. The summed E-state index contributed by atoms with van der Waals surface area (Å²) in [4.78, 5) is 11.5. The van der Waals surface area contributed by atoms with Gasteiger partial charge in [-0.3, -0.25) is 0 Å². The lowest BCUT2D eigenvalue weighted by atomic mass is 10.2. The molecule has 2 rings (SSSR count). The van der Waals surface area contributed by atoms with Crippen LogP contribution in [0.4, 0.5) is 9.18 Å². The highest BCUT2D eigenvalue weighted by atomic mass is 19.1. The van der Waals surface area contributed by atoms with Crippen LogP contribution in [0.1, 0.15) is 5.56 Å². The zero-order chi connectivity index (χ0) is 16.5. The van der Waals surface area contributed by atoms with Crippen molar-refractivity contribution in [3.05, 3.63) is 66.0 Å². The molecule has 1 atom stereocenters. The van der Waals surface area contributed by atoms with Gasteiger partial charge in [-0.15, -0.1) is 0 Å². The van der Waals surface area contributed by atoms with Crippen molar-refractivity contribution < 1.29 is 23.8 Å². The summed E-state index contributed by atoms with van der Waals surface area (Å²) in [5.41, 5.74) is 0.873. The molecule has 0 bridgehead atoms. The van der Waals surface area contributed by atoms with Crippen LogP contribution < -0.4 is 10.1 Å². The van der Waals surface area contributed by atoms with Gasteiger partial charge in [-0.05, 0) is 17.7 Å². The van der Waals surface area contributed by atoms with Crippen LogP contribution in [0, 0.1) is 5.82 Å². The highest BCUT2D eigenvalue weighted by molar-refractivity contribution is 5.67. The number of benzene rings is 2. The molecule has 5 nitrogen and oxygen atoms in total. The molecule has 0 aliphatic carbocycles. The number of alkyl carbamates (subject to hydrolysis) is 1. The Labute approximate surface area is 133 Å². The lowest BCUT2D eigenvalue weighted by Crippen LogP contribution is -2.35. The number of rotatable bonds is 7. The molecule has 0 saturated carbocycles. The van der Waals surface area contributed by atoms with Crippen LogP contribution in [0.5, 0.6) is 5.75 Å². The molecule has 0 spiro atoms. The molecule has 0 aromatic heterocycles. The Morgan fingerprint density at radius 2 is 1.96 bits per heavy atom. The number of aliphatic hydroxyl groups is 1. The van der Waals surface area contributed by atoms with Crippen molar-refractivity contribution in [2.75, 3.05) is 13.2 Å². The van der Waals surface area contributed by atoms with Gasteiger partial charge in [0.1, 0.15) is 30.9 Å². The number of nitrogens with one attached hydrogen (secondary N) is 1. The quantitative estimate of drug-likeness (QED) is 0.823. The number of carbonyl (C=O) groups is 1. The minimum atomic E-state index is -0.928. The first-order valence-corrected chi connectivity index (χ1v) is 7.14. The summed E-state index contributed by atoms with van der Waals surface area (Å²) in [6, 6.07) is 14.9. The summed E-state index contributed by atoms with van der Waals surface area (Å²) < 4.78 is 23.2. The second-order valence-corrected chi connectivity index (χ2v) is 4.86. The number of ether oxygens (including phenoxy) is 2. The number of hydrogen-bond donors (Lipinski definition) is 2. The summed E-state index contributed by atoms with van der Waals surface area (Å²) in [5.74, 6) is -0.102. The molecular formula is C17H18FNO4. The van der Waals surface area contributed by atoms with E-state index in [1.165, 1.54) is 18.2 Å². The lowest BCUT2D eigenvalue weighted by molar-refractivity contribution is 0.0964. The van der Waals surface area contributed by atoms with E-state index < -0.39 is 18.0 Å². The van der Waals surface area contributed by atoms with Crippen molar-refractivity contribution in [1.29, 1.82) is 0 Å². The predicted molar refractivity (Wildman–Crippen MR) is 82.5 cm³/mol. The molecule has 2 N–H and O–H groups in total. The molecule has 23 heavy (non-hydrogen) atoms. The monoisotopic (exact) mass is 319 g/mol. The van der Waals surface area contributed by atoms with Gasteiger partial charge in [0.25, 0.3) is 0 Å². The van der Waals surface area contributed by atoms with E-state index in [0.717, 1.165) is 5.56 Å². The first kappa shape index (κ1) is 16.8. The highest BCUT2D eigenvalue weighted by Crippen LogP contribution is 2.11. The Morgan fingerprint density at radius 1 is 1.17 bits per heavy atom. The Kier molecular flexibility index (Phi) is 6.38. The Morgan fingerprint density at radius 3 is 2.70 bits per heavy atom. The van der Waals surface area contributed by atoms with Crippen molar-refractivity contribution in [2.45, 2.75) is 12.7 Å². The number of aliphatic hydroxyl groups excluding tert-OH is 1. The predicted octanol–water partition coefficient (Wildman–Crippen LogP) is 2.49. The zero-order valence-corrected chi connectivity index (χ0v) is 12.4. The van der Waals surface area contributed by atoms with Crippen molar-refractivity contribution in [2.24, 2.45) is 0 Å². The number of hydrogen-bond acceptors (Lipinski definition) is 4. The van der Waals surface area contributed by atoms with E-state index in [1.807, 2.05) is 30.3 Å². The fourth-order valence-corrected chi connectivity index (χ4v) is 1.78. The van der Waals surface area contributed by atoms with E-state index in [1.54, 1.807) is 6.07 Å². The topological polar surface area (TPSA) is 67.8 Å². The van der Waals surface area contributed by atoms with Gasteiger partial charge in [-0.2, -0.15) is 0 Å². The van der Waals surface area contributed by atoms with Gasteiger partial charge in [0, 0.05) is 6.07 Å². The molecule has 0 aliphatic rings. The van der Waals surface area contributed by atoms with Gasteiger partial charge in [-0.1, -0.05) is 36.4 Å². The van der Waals surface area contributed by atoms with E-state index in [2.05, 4.69) is 5.32 Å². The van der Waals surface area contributed by atoms with E-state index >= 15 is 0 Å². The Hall–Kier alpha value is -2.60. The van der Waals surface area contributed by atoms with Crippen LogP contribution in [0.3, 0.4) is 0 Å². The minimum Gasteiger partial charge on any atom is -0.491 e. The van der Waals surface area contributed by atoms with E-state index in [4.69, 9.17) is 9.47 Å². The van der Waals surface area contributed by atoms with Gasteiger partial charge in [-0.25, -0.2) is 9.18 Å². The number of carbonyl (C=O) groups excluding carboxylic acids is 1. The molecule has 0 fully saturated rings. The maximum atomic E-state index is 13.0. The standard InChI is InChI=1S/C17H18FNO4/c18-14-7-4-8-16(9-14)22-12-15(20)10-19-17(21)23-11-13-5-2-1-3-6-13/h1-9,15,20H,10-12H2,(H,19,21). The van der Waals surface area contributed by atoms with E-state index in [-0.39, 0.29) is 19.8 Å². The average Bonchev–Trinajstić information content (AvgIpc) is 2.57. The molecule has 2 aromatic carbocycles. The molecule has 6 heteroatoms. The van der Waals surface area contributed by atoms with Crippen LogP contribution in [-0.2, 0) is 11.3 Å². The fourth-order valence-electron chi connectivity index (χ4n) is 1.78. The van der Waals surface area contributed by atoms with Gasteiger partial charge in [0.2, 0.25) is 0 Å². The van der Waals surface area contributed by atoms with E-state index in [9.17, 15) is 14.3 Å². The fraction of sp³-hybridized carbons (Fsp3) is 0.235. The molecule has 0 heterocycles. The summed E-state index contributed by atoms with van der Waals surface area (Å²) in [6.07, 6.45) is -1.55. The number of halogens is 1. The third-order valence-corrected chi connectivity index (χ3v) is 2.93. The lowest BCUT2D eigenvalue weighted by Gasteiger charge is -2.13. The second-order valence-electron chi connectivity index (χ2n) is 4.86. The van der Waals surface area contributed by atoms with Crippen LogP contribution in [-0.4, -0.2) is 30.5 Å². The third kappa shape index (κ3) is 6.36. The molecule has 2 aromatic rings. The smallest absolute Gasteiger partial charge is 0.407 e. The van der Waals surface area contributed by atoms with Gasteiger partial charge in [0.05, 0.1) is 6.54 Å². The maximum Gasteiger partial charge on any atom is 0.407 e. The second kappa shape index (κ2) is 8.75. The molecule has 122 valence electrons. The SMILES string of the molecule is O=C(NCC(O)COc1cccc(F)c1)OCc1ccccc1. The minimum absolute atomic E-state index is 0.0249. The highest BCUT2D eigenvalue weighted by Gasteiger charge is 2.09. The molecule has 0 radical (unpaired) electrons. The normalized spacial score (nSPS) is 11.6. The van der Waals surface area contributed by atoms with Crippen LogP contribution in [0.15, 0.2) is 54.6 Å². The molecular weight excluding hydrogens is 301 g/mol. The van der Waals surface area contributed by atoms with Crippen LogP contribution >= 0.6 is 0 Å². The van der Waals surface area contributed by atoms with Gasteiger partial charge >= 0.3 is 6.09 Å². The van der Waals surface area contributed by atoms with E-state index in [0.29, 0.717) is 5.75 Å². The first-order valence-electron chi connectivity index (χ1n) is 7.14.